The zero-order valence-corrected chi connectivity index (χ0v) is 8.81. The first-order chi connectivity index (χ1) is 7.20. The number of nitrogens with zero attached hydrogens (tertiary/aromatic N) is 1. The molecule has 0 fully saturated rings. The summed E-state index contributed by atoms with van der Waals surface area (Å²) in [6, 6.07) is 5.75. The van der Waals surface area contributed by atoms with Gasteiger partial charge in [0.05, 0.1) is 18.3 Å². The first-order valence-corrected chi connectivity index (χ1v) is 5.04. The van der Waals surface area contributed by atoms with Gasteiger partial charge in [-0.2, -0.15) is 0 Å². The lowest BCUT2D eigenvalue weighted by Gasteiger charge is -2.19. The van der Waals surface area contributed by atoms with Gasteiger partial charge in [0, 0.05) is 13.6 Å². The van der Waals surface area contributed by atoms with E-state index in [4.69, 9.17) is 15.6 Å². The number of anilines is 1. The summed E-state index contributed by atoms with van der Waals surface area (Å²) < 4.78 is 5.60. The van der Waals surface area contributed by atoms with E-state index in [0.717, 1.165) is 23.5 Å². The number of ether oxygens (including phenoxy) is 1. The van der Waals surface area contributed by atoms with Crippen molar-refractivity contribution in [2.24, 2.45) is 5.73 Å². The number of likely N-dealkylation sites (N-methyl/N-ethyl adjacent to an activating group) is 1. The summed E-state index contributed by atoms with van der Waals surface area (Å²) in [5.41, 5.74) is 7.75. The first-order valence-electron chi connectivity index (χ1n) is 5.04. The molecule has 0 aliphatic carbocycles. The number of rotatable bonds is 1. The minimum atomic E-state index is 0.0278. The Morgan fingerprint density at radius 3 is 3.13 bits per heavy atom. The van der Waals surface area contributed by atoms with Gasteiger partial charge in [-0.1, -0.05) is 6.07 Å². The van der Waals surface area contributed by atoms with E-state index >= 15 is 0 Å². The number of aliphatic hydroxyl groups excluding tert-OH is 1. The summed E-state index contributed by atoms with van der Waals surface area (Å²) in [6.07, 6.45) is 0. The highest BCUT2D eigenvalue weighted by Crippen LogP contribution is 2.30. The maximum absolute atomic E-state index is 9.03. The monoisotopic (exact) mass is 208 g/mol. The fourth-order valence-electron chi connectivity index (χ4n) is 1.79. The smallest absolute Gasteiger partial charge is 0.143 e. The van der Waals surface area contributed by atoms with Crippen LogP contribution >= 0.6 is 0 Å². The highest BCUT2D eigenvalue weighted by molar-refractivity contribution is 5.60. The van der Waals surface area contributed by atoms with E-state index in [1.807, 2.05) is 25.2 Å². The van der Waals surface area contributed by atoms with E-state index in [0.29, 0.717) is 6.61 Å². The molecule has 0 saturated heterocycles. The van der Waals surface area contributed by atoms with Gasteiger partial charge in [-0.05, 0) is 17.7 Å². The maximum Gasteiger partial charge on any atom is 0.143 e. The molecule has 0 aromatic heterocycles. The number of benzene rings is 1. The number of fused-ring (bicyclic) bond motifs is 1. The van der Waals surface area contributed by atoms with Crippen molar-refractivity contribution in [2.45, 2.75) is 12.6 Å². The van der Waals surface area contributed by atoms with Gasteiger partial charge in [-0.15, -0.1) is 0 Å². The molecule has 4 heteroatoms. The standard InChI is InChI=1S/C11H16N2O2/c1-13-5-9(12)7-15-11-4-8(6-14)2-3-10(11)13/h2-4,9,14H,5-7,12H2,1H3/t9-/m0/s1. The minimum absolute atomic E-state index is 0.0278. The van der Waals surface area contributed by atoms with Gasteiger partial charge in [0.2, 0.25) is 0 Å². The highest BCUT2D eigenvalue weighted by atomic mass is 16.5. The number of hydrogen-bond acceptors (Lipinski definition) is 4. The second-order valence-corrected chi connectivity index (χ2v) is 3.91. The van der Waals surface area contributed by atoms with Crippen molar-refractivity contribution in [1.29, 1.82) is 0 Å². The van der Waals surface area contributed by atoms with Gasteiger partial charge >= 0.3 is 0 Å². The van der Waals surface area contributed by atoms with Crippen LogP contribution in [-0.2, 0) is 6.61 Å². The highest BCUT2D eigenvalue weighted by Gasteiger charge is 2.17. The van der Waals surface area contributed by atoms with E-state index in [9.17, 15) is 0 Å². The van der Waals surface area contributed by atoms with Gasteiger partial charge < -0.3 is 20.5 Å². The van der Waals surface area contributed by atoms with Gasteiger partial charge in [-0.3, -0.25) is 0 Å². The summed E-state index contributed by atoms with van der Waals surface area (Å²) in [5.74, 6) is 0.803. The lowest BCUT2D eigenvalue weighted by Crippen LogP contribution is -2.37. The summed E-state index contributed by atoms with van der Waals surface area (Å²) >= 11 is 0. The molecule has 4 nitrogen and oxygen atoms in total. The van der Waals surface area contributed by atoms with Gasteiger partial charge in [0.25, 0.3) is 0 Å². The number of hydrogen-bond donors (Lipinski definition) is 2. The molecule has 1 aromatic carbocycles. The van der Waals surface area contributed by atoms with E-state index in [1.54, 1.807) is 0 Å². The molecule has 15 heavy (non-hydrogen) atoms. The van der Waals surface area contributed by atoms with E-state index < -0.39 is 0 Å². The molecule has 0 saturated carbocycles. The van der Waals surface area contributed by atoms with Crippen LogP contribution in [0.2, 0.25) is 0 Å². The number of nitrogens with two attached hydrogens (primary N) is 1. The normalized spacial score (nSPS) is 20.5. The average Bonchev–Trinajstić information content (AvgIpc) is 2.38. The second kappa shape index (κ2) is 4.08. The second-order valence-electron chi connectivity index (χ2n) is 3.91. The molecule has 0 bridgehead atoms. The third-order valence-electron chi connectivity index (χ3n) is 2.58. The predicted molar refractivity (Wildman–Crippen MR) is 59.1 cm³/mol. The Balaban J connectivity index is 2.35. The Bertz CT molecular complexity index is 354. The molecule has 1 aliphatic heterocycles. The van der Waals surface area contributed by atoms with Crippen molar-refractivity contribution in [3.8, 4) is 5.75 Å². The summed E-state index contributed by atoms with van der Waals surface area (Å²) in [4.78, 5) is 2.08. The van der Waals surface area contributed by atoms with Gasteiger partial charge in [0.15, 0.2) is 0 Å². The van der Waals surface area contributed by atoms with Crippen molar-refractivity contribution < 1.29 is 9.84 Å². The predicted octanol–water partition coefficient (Wildman–Crippen LogP) is 0.335. The van der Waals surface area contributed by atoms with Crippen LogP contribution in [0.3, 0.4) is 0 Å². The van der Waals surface area contributed by atoms with Crippen LogP contribution in [0.25, 0.3) is 0 Å². The summed E-state index contributed by atoms with van der Waals surface area (Å²) in [7, 11) is 1.99. The van der Waals surface area contributed by atoms with Crippen LogP contribution in [0, 0.1) is 0 Å². The van der Waals surface area contributed by atoms with Crippen molar-refractivity contribution in [2.75, 3.05) is 25.1 Å². The third kappa shape index (κ3) is 2.06. The molecule has 82 valence electrons. The molecule has 1 heterocycles. The zero-order chi connectivity index (χ0) is 10.8. The molecule has 0 radical (unpaired) electrons. The zero-order valence-electron chi connectivity index (χ0n) is 8.81. The third-order valence-corrected chi connectivity index (χ3v) is 2.58. The molecule has 0 spiro atoms. The topological polar surface area (TPSA) is 58.7 Å². The van der Waals surface area contributed by atoms with Crippen molar-refractivity contribution in [1.82, 2.24) is 0 Å². The molecule has 0 unspecified atom stereocenters. The van der Waals surface area contributed by atoms with Crippen molar-refractivity contribution >= 4 is 5.69 Å². The lowest BCUT2D eigenvalue weighted by molar-refractivity contribution is 0.278. The quantitative estimate of drug-likeness (QED) is 0.698. The van der Waals surface area contributed by atoms with E-state index in [1.165, 1.54) is 0 Å². The van der Waals surface area contributed by atoms with Crippen LogP contribution in [-0.4, -0.2) is 31.3 Å². The van der Waals surface area contributed by atoms with Crippen LogP contribution in [0.15, 0.2) is 18.2 Å². The minimum Gasteiger partial charge on any atom is -0.490 e. The van der Waals surface area contributed by atoms with Crippen molar-refractivity contribution in [3.63, 3.8) is 0 Å². The Kier molecular flexibility index (Phi) is 2.79. The molecular weight excluding hydrogens is 192 g/mol. The largest absolute Gasteiger partial charge is 0.490 e. The molecule has 3 N–H and O–H groups in total. The Morgan fingerprint density at radius 1 is 1.60 bits per heavy atom. The average molecular weight is 208 g/mol. The fraction of sp³-hybridized carbons (Fsp3) is 0.455. The van der Waals surface area contributed by atoms with Crippen LogP contribution < -0.4 is 15.4 Å². The molecule has 1 atom stereocenters. The maximum atomic E-state index is 9.03. The van der Waals surface area contributed by atoms with E-state index in [-0.39, 0.29) is 12.6 Å². The lowest BCUT2D eigenvalue weighted by atomic mass is 10.2. The Hall–Kier alpha value is -1.26. The molecule has 1 aromatic rings. The molecular formula is C11H16N2O2. The van der Waals surface area contributed by atoms with Crippen molar-refractivity contribution in [3.05, 3.63) is 23.8 Å². The summed E-state index contributed by atoms with van der Waals surface area (Å²) in [5, 5.41) is 9.03. The van der Waals surface area contributed by atoms with Crippen LogP contribution in [0.4, 0.5) is 5.69 Å². The molecule has 0 amide bonds. The number of aliphatic hydroxyl groups is 1. The SMILES string of the molecule is CN1C[C@H](N)COc2cc(CO)ccc21. The first kappa shape index (κ1) is 10.3. The van der Waals surface area contributed by atoms with Gasteiger partial charge in [-0.25, -0.2) is 0 Å². The molecule has 2 rings (SSSR count). The molecule has 1 aliphatic rings. The fourth-order valence-corrected chi connectivity index (χ4v) is 1.79. The Morgan fingerprint density at radius 2 is 2.40 bits per heavy atom. The van der Waals surface area contributed by atoms with E-state index in [2.05, 4.69) is 4.90 Å². The summed E-state index contributed by atoms with van der Waals surface area (Å²) in [6.45, 7) is 1.34. The van der Waals surface area contributed by atoms with Gasteiger partial charge in [0.1, 0.15) is 12.4 Å². The van der Waals surface area contributed by atoms with Crippen LogP contribution in [0.1, 0.15) is 5.56 Å². The van der Waals surface area contributed by atoms with Crippen LogP contribution in [0.5, 0.6) is 5.75 Å². The Labute approximate surface area is 89.3 Å².